The Morgan fingerprint density at radius 1 is 1.39 bits per heavy atom. The average molecular weight is 326 g/mol. The molecule has 1 amide bonds. The van der Waals surface area contributed by atoms with Crippen molar-refractivity contribution in [3.8, 4) is 0 Å². The van der Waals surface area contributed by atoms with Gasteiger partial charge in [0.25, 0.3) is 0 Å². The lowest BCUT2D eigenvalue weighted by Crippen LogP contribution is -2.33. The van der Waals surface area contributed by atoms with Gasteiger partial charge in [0.1, 0.15) is 5.84 Å². The Bertz CT molecular complexity index is 651. The van der Waals surface area contributed by atoms with Crippen molar-refractivity contribution >= 4 is 17.4 Å². The molecule has 1 unspecified atom stereocenters. The second kappa shape index (κ2) is 5.84. The highest BCUT2D eigenvalue weighted by Gasteiger charge is 2.34. The zero-order valence-corrected chi connectivity index (χ0v) is 12.3. The first kappa shape index (κ1) is 15.8. The lowest BCUT2D eigenvalue weighted by molar-refractivity contribution is -0.137. The quantitative estimate of drug-likeness (QED) is 0.797. The number of amides is 1. The fraction of sp³-hybridized carbons (Fsp3) is 0.467. The minimum atomic E-state index is -4.44. The van der Waals surface area contributed by atoms with Crippen LogP contribution in [0.5, 0.6) is 0 Å². The summed E-state index contributed by atoms with van der Waals surface area (Å²) < 4.78 is 38.6. The molecule has 0 aliphatic carbocycles. The number of carbonyl (C=O) groups excluding carboxylic acids is 1. The van der Waals surface area contributed by atoms with E-state index in [0.29, 0.717) is 17.8 Å². The Morgan fingerprint density at radius 3 is 2.78 bits per heavy atom. The van der Waals surface area contributed by atoms with Gasteiger partial charge >= 0.3 is 6.18 Å². The lowest BCUT2D eigenvalue weighted by atomic mass is 9.99. The number of primary amides is 1. The number of hydrogen-bond donors (Lipinski definition) is 3. The van der Waals surface area contributed by atoms with E-state index in [4.69, 9.17) is 5.73 Å². The van der Waals surface area contributed by atoms with E-state index in [2.05, 4.69) is 15.6 Å². The summed E-state index contributed by atoms with van der Waals surface area (Å²) in [6.45, 7) is 0.909. The Kier molecular flexibility index (Phi) is 4.01. The molecule has 2 aliphatic rings. The third kappa shape index (κ3) is 3.31. The zero-order chi connectivity index (χ0) is 16.6. The number of alkyl halides is 3. The van der Waals surface area contributed by atoms with E-state index < -0.39 is 23.7 Å². The molecule has 1 aromatic carbocycles. The third-order valence-corrected chi connectivity index (χ3v) is 4.11. The number of halogens is 3. The second-order valence-corrected chi connectivity index (χ2v) is 5.80. The van der Waals surface area contributed by atoms with E-state index in [1.165, 1.54) is 6.07 Å². The predicted molar refractivity (Wildman–Crippen MR) is 80.1 cm³/mol. The summed E-state index contributed by atoms with van der Waals surface area (Å²) in [5.41, 5.74) is 5.20. The Morgan fingerprint density at radius 2 is 2.17 bits per heavy atom. The second-order valence-electron chi connectivity index (χ2n) is 5.80. The van der Waals surface area contributed by atoms with Crippen LogP contribution in [0.1, 0.15) is 36.4 Å². The van der Waals surface area contributed by atoms with E-state index in [0.717, 1.165) is 31.5 Å². The van der Waals surface area contributed by atoms with E-state index in [-0.39, 0.29) is 11.7 Å². The molecule has 2 atom stereocenters. The van der Waals surface area contributed by atoms with Gasteiger partial charge in [-0.25, -0.2) is 0 Å². The summed E-state index contributed by atoms with van der Waals surface area (Å²) >= 11 is 0. The molecule has 124 valence electrons. The van der Waals surface area contributed by atoms with Gasteiger partial charge in [0.2, 0.25) is 5.91 Å². The van der Waals surface area contributed by atoms with Crippen LogP contribution in [-0.4, -0.2) is 24.3 Å². The highest BCUT2D eigenvalue weighted by atomic mass is 19.4. The number of rotatable bonds is 3. The van der Waals surface area contributed by atoms with Crippen molar-refractivity contribution < 1.29 is 18.0 Å². The number of nitrogens with two attached hydrogens (primary N) is 1. The van der Waals surface area contributed by atoms with Gasteiger partial charge in [-0.3, -0.25) is 9.79 Å². The Balaban J connectivity index is 1.91. The van der Waals surface area contributed by atoms with Crippen LogP contribution < -0.4 is 16.4 Å². The molecule has 23 heavy (non-hydrogen) atoms. The van der Waals surface area contributed by atoms with Crippen LogP contribution in [-0.2, 0) is 11.0 Å². The monoisotopic (exact) mass is 326 g/mol. The number of nitrogens with zero attached hydrogens (tertiary/aromatic N) is 1. The molecule has 0 saturated carbocycles. The van der Waals surface area contributed by atoms with E-state index in [1.807, 2.05) is 0 Å². The summed E-state index contributed by atoms with van der Waals surface area (Å²) in [5.74, 6) is -0.190. The summed E-state index contributed by atoms with van der Waals surface area (Å²) in [5, 5.41) is 6.21. The van der Waals surface area contributed by atoms with Crippen LogP contribution >= 0.6 is 0 Å². The molecule has 3 rings (SSSR count). The molecule has 2 aliphatic heterocycles. The number of carbonyl (C=O) groups is 1. The largest absolute Gasteiger partial charge is 0.416 e. The van der Waals surface area contributed by atoms with Crippen LogP contribution in [0.2, 0.25) is 0 Å². The van der Waals surface area contributed by atoms with Crippen molar-refractivity contribution in [3.05, 3.63) is 29.3 Å². The summed E-state index contributed by atoms with van der Waals surface area (Å²) in [4.78, 5) is 15.9. The number of amidine groups is 1. The molecule has 0 spiro atoms. The number of nitrogens with one attached hydrogen (secondary N) is 2. The highest BCUT2D eigenvalue weighted by molar-refractivity contribution is 6.02. The maximum atomic E-state index is 12.9. The first-order valence-electron chi connectivity index (χ1n) is 7.42. The molecule has 0 aromatic heterocycles. The Labute approximate surface area is 131 Å². The minimum Gasteiger partial charge on any atom is -0.368 e. The molecule has 0 radical (unpaired) electrons. The van der Waals surface area contributed by atoms with Crippen molar-refractivity contribution in [3.63, 3.8) is 0 Å². The van der Waals surface area contributed by atoms with Gasteiger partial charge in [0.05, 0.1) is 5.56 Å². The lowest BCUT2D eigenvalue weighted by Gasteiger charge is -2.26. The van der Waals surface area contributed by atoms with Gasteiger partial charge in [-0.1, -0.05) is 6.07 Å². The summed E-state index contributed by atoms with van der Waals surface area (Å²) in [7, 11) is 0. The van der Waals surface area contributed by atoms with Gasteiger partial charge in [-0.05, 0) is 31.5 Å². The molecule has 1 saturated heterocycles. The molecule has 8 heteroatoms. The maximum Gasteiger partial charge on any atom is 0.416 e. The van der Waals surface area contributed by atoms with Crippen LogP contribution in [0.3, 0.4) is 0 Å². The Hall–Kier alpha value is -2.09. The van der Waals surface area contributed by atoms with Crippen molar-refractivity contribution in [1.82, 2.24) is 5.32 Å². The fourth-order valence-electron chi connectivity index (χ4n) is 2.98. The SMILES string of the molecule is NC(=O)C1N=C(C[C@@H]2CCCN2)Nc2cc(C(F)(F)F)ccc21. The van der Waals surface area contributed by atoms with Crippen LogP contribution in [0.4, 0.5) is 18.9 Å². The van der Waals surface area contributed by atoms with Gasteiger partial charge in [-0.2, -0.15) is 13.2 Å². The van der Waals surface area contributed by atoms with Gasteiger partial charge in [-0.15, -0.1) is 0 Å². The number of aliphatic imine (C=N–C) groups is 1. The number of benzene rings is 1. The molecule has 5 nitrogen and oxygen atoms in total. The molecule has 4 N–H and O–H groups in total. The van der Waals surface area contributed by atoms with E-state index in [9.17, 15) is 18.0 Å². The maximum absolute atomic E-state index is 12.9. The first-order chi connectivity index (χ1) is 10.8. The number of fused-ring (bicyclic) bond motifs is 1. The standard InChI is InChI=1S/C15H17F3N4O/c16-15(17,18)8-3-4-10-11(6-8)21-12(22-13(10)14(19)23)7-9-2-1-5-20-9/h3-4,6,9,13,20H,1-2,5,7H2,(H2,19,23)(H,21,22)/t9-,13?/m0/s1. The predicted octanol–water partition coefficient (Wildman–Crippen LogP) is 2.20. The zero-order valence-electron chi connectivity index (χ0n) is 12.3. The summed E-state index contributed by atoms with van der Waals surface area (Å²) in [6, 6.07) is 2.46. The van der Waals surface area contributed by atoms with E-state index in [1.54, 1.807) is 0 Å². The average Bonchev–Trinajstić information content (AvgIpc) is 2.97. The minimum absolute atomic E-state index is 0.210. The normalized spacial score (nSPS) is 23.9. The summed E-state index contributed by atoms with van der Waals surface area (Å²) in [6.07, 6.45) is -1.90. The molecule has 0 bridgehead atoms. The van der Waals surface area contributed by atoms with Gasteiger partial charge in [0, 0.05) is 23.7 Å². The van der Waals surface area contributed by atoms with Crippen molar-refractivity contribution in [2.24, 2.45) is 10.7 Å². The van der Waals surface area contributed by atoms with Crippen molar-refractivity contribution in [2.45, 2.75) is 37.5 Å². The molecule has 1 fully saturated rings. The van der Waals surface area contributed by atoms with Crippen LogP contribution in [0.15, 0.2) is 23.2 Å². The molecular weight excluding hydrogens is 309 g/mol. The molecule has 1 aromatic rings. The number of hydrogen-bond acceptors (Lipinski definition) is 4. The van der Waals surface area contributed by atoms with Gasteiger partial charge < -0.3 is 16.4 Å². The van der Waals surface area contributed by atoms with Gasteiger partial charge in [0.15, 0.2) is 6.04 Å². The third-order valence-electron chi connectivity index (χ3n) is 4.11. The first-order valence-corrected chi connectivity index (χ1v) is 7.42. The van der Waals surface area contributed by atoms with Crippen molar-refractivity contribution in [2.75, 3.05) is 11.9 Å². The van der Waals surface area contributed by atoms with Crippen molar-refractivity contribution in [1.29, 1.82) is 0 Å². The van der Waals surface area contributed by atoms with Crippen LogP contribution in [0, 0.1) is 0 Å². The van der Waals surface area contributed by atoms with E-state index >= 15 is 0 Å². The number of anilines is 1. The molecule has 2 heterocycles. The molecular formula is C15H17F3N4O. The smallest absolute Gasteiger partial charge is 0.368 e. The van der Waals surface area contributed by atoms with Crippen LogP contribution in [0.25, 0.3) is 0 Å². The highest BCUT2D eigenvalue weighted by Crippen LogP contribution is 2.37. The topological polar surface area (TPSA) is 79.5 Å². The fourth-order valence-corrected chi connectivity index (χ4v) is 2.98.